The zero-order valence-corrected chi connectivity index (χ0v) is 20.4. The van der Waals surface area contributed by atoms with Gasteiger partial charge in [0, 0.05) is 21.0 Å². The Kier molecular flexibility index (Phi) is 6.23. The second-order valence-corrected chi connectivity index (χ2v) is 10.2. The molecule has 3 aromatic rings. The molecular weight excluding hydrogens is 452 g/mol. The van der Waals surface area contributed by atoms with Crippen LogP contribution < -0.4 is 0 Å². The highest BCUT2D eigenvalue weighted by Gasteiger charge is 2.32. The van der Waals surface area contributed by atoms with E-state index in [1.54, 1.807) is 11.3 Å². The Morgan fingerprint density at radius 2 is 1.97 bits per heavy atom. The van der Waals surface area contributed by atoms with Gasteiger partial charge in [-0.25, -0.2) is 0 Å². The van der Waals surface area contributed by atoms with Crippen molar-refractivity contribution in [2.45, 2.75) is 45.6 Å². The van der Waals surface area contributed by atoms with Crippen LogP contribution in [0.1, 0.15) is 52.6 Å². The van der Waals surface area contributed by atoms with Crippen molar-refractivity contribution in [3.63, 3.8) is 0 Å². The molecule has 0 amide bonds. The van der Waals surface area contributed by atoms with Gasteiger partial charge in [0.25, 0.3) is 0 Å². The smallest absolute Gasteiger partial charge is 0.309 e. The van der Waals surface area contributed by atoms with Crippen LogP contribution in [0.4, 0.5) is 0 Å². The highest BCUT2D eigenvalue weighted by molar-refractivity contribution is 7.99. The van der Waals surface area contributed by atoms with E-state index in [9.17, 15) is 4.79 Å². The molecule has 0 bridgehead atoms. The Morgan fingerprint density at radius 3 is 2.65 bits per heavy atom. The Bertz CT molecular complexity index is 1170. The van der Waals surface area contributed by atoms with Gasteiger partial charge < -0.3 is 4.74 Å². The summed E-state index contributed by atoms with van der Waals surface area (Å²) in [4.78, 5) is 18.9. The van der Waals surface area contributed by atoms with Crippen molar-refractivity contribution in [3.8, 4) is 5.00 Å². The number of thiophene rings is 1. The van der Waals surface area contributed by atoms with Gasteiger partial charge >= 0.3 is 5.97 Å². The molecule has 4 rings (SSSR count). The highest BCUT2D eigenvalue weighted by Crippen LogP contribution is 2.39. The van der Waals surface area contributed by atoms with E-state index in [1.165, 1.54) is 16.6 Å². The van der Waals surface area contributed by atoms with Crippen molar-refractivity contribution in [1.29, 1.82) is 0 Å². The maximum atomic E-state index is 12.7. The molecule has 0 fully saturated rings. The monoisotopic (exact) mass is 474 g/mol. The molecular formula is C22H23ClN4O2S2. The number of rotatable bonds is 5. The van der Waals surface area contributed by atoms with E-state index >= 15 is 0 Å². The minimum absolute atomic E-state index is 0.0904. The second kappa shape index (κ2) is 8.76. The average Bonchev–Trinajstić information content (AvgIpc) is 3.21. The average molecular weight is 475 g/mol. The highest BCUT2D eigenvalue weighted by atomic mass is 35.5. The maximum Gasteiger partial charge on any atom is 0.309 e. The fourth-order valence-electron chi connectivity index (χ4n) is 3.57. The van der Waals surface area contributed by atoms with Crippen LogP contribution in [0, 0.1) is 20.8 Å². The maximum absolute atomic E-state index is 12.7. The lowest BCUT2D eigenvalue weighted by Gasteiger charge is -2.14. The third-order valence-corrected chi connectivity index (χ3v) is 7.55. The summed E-state index contributed by atoms with van der Waals surface area (Å²) in [6.45, 7) is 7.98. The first-order valence-corrected chi connectivity index (χ1v) is 12.4. The Labute approximate surface area is 194 Å². The number of aryl methyl sites for hydroxylation is 2. The van der Waals surface area contributed by atoms with E-state index in [2.05, 4.69) is 24.0 Å². The molecule has 6 nitrogen and oxygen atoms in total. The summed E-state index contributed by atoms with van der Waals surface area (Å²) in [6, 6.07) is 7.12. The first-order valence-electron chi connectivity index (χ1n) is 9.88. The normalized spacial score (nSPS) is 16.2. The number of carbonyl (C=O) groups is 1. The number of benzene rings is 1. The molecule has 0 N–H and O–H groups in total. The number of aromatic nitrogens is 3. The van der Waals surface area contributed by atoms with Gasteiger partial charge in [-0.1, -0.05) is 23.7 Å². The van der Waals surface area contributed by atoms with Gasteiger partial charge in [-0.3, -0.25) is 14.4 Å². The van der Waals surface area contributed by atoms with Crippen LogP contribution in [0.3, 0.4) is 0 Å². The van der Waals surface area contributed by atoms with Gasteiger partial charge in [0.2, 0.25) is 0 Å². The number of esters is 1. The molecule has 0 saturated heterocycles. The Balaban J connectivity index is 1.89. The fraction of sp³-hybridized carbons (Fsp3) is 0.364. The first-order chi connectivity index (χ1) is 14.8. The largest absolute Gasteiger partial charge is 0.452 e. The first kappa shape index (κ1) is 22.0. The van der Waals surface area contributed by atoms with Crippen molar-refractivity contribution in [1.82, 2.24) is 14.8 Å². The Hall–Kier alpha value is -2.16. The van der Waals surface area contributed by atoms with Gasteiger partial charge in [-0.05, 0) is 51.6 Å². The molecule has 0 spiro atoms. The number of hydrogen-bond acceptors (Lipinski definition) is 7. The lowest BCUT2D eigenvalue weighted by Crippen LogP contribution is -2.16. The number of fused-ring (bicyclic) bond motifs is 3. The van der Waals surface area contributed by atoms with E-state index in [-0.39, 0.29) is 17.8 Å². The molecule has 31 heavy (non-hydrogen) atoms. The molecule has 0 aliphatic carbocycles. The van der Waals surface area contributed by atoms with Crippen LogP contribution in [0.2, 0.25) is 5.02 Å². The minimum Gasteiger partial charge on any atom is -0.452 e. The van der Waals surface area contributed by atoms with Crippen LogP contribution in [0.25, 0.3) is 5.00 Å². The molecule has 3 heterocycles. The summed E-state index contributed by atoms with van der Waals surface area (Å²) < 4.78 is 7.54. The standard InChI is InChI=1S/C22H23ClN4O2S2/c1-11-12(2)31-22-19(11)20(15-6-8-16(23)9-7-15)24-17(10-18(28)29-14(4)30-5)21-26-25-13(3)27(21)22/h6-9,14,17H,10H2,1-5H3/t14?,17-/m0/s1. The molecule has 9 heteroatoms. The molecule has 162 valence electrons. The van der Waals surface area contributed by atoms with E-state index in [1.807, 2.05) is 48.9 Å². The zero-order chi connectivity index (χ0) is 22.3. The van der Waals surface area contributed by atoms with E-state index in [0.717, 1.165) is 33.2 Å². The number of hydrogen-bond donors (Lipinski definition) is 0. The van der Waals surface area contributed by atoms with Crippen LogP contribution in [0.5, 0.6) is 0 Å². The summed E-state index contributed by atoms with van der Waals surface area (Å²) in [5, 5.41) is 10.4. The predicted octanol–water partition coefficient (Wildman–Crippen LogP) is 5.44. The lowest BCUT2D eigenvalue weighted by atomic mass is 9.99. The summed E-state index contributed by atoms with van der Waals surface area (Å²) in [5.41, 5.74) is 3.76. The quantitative estimate of drug-likeness (QED) is 0.363. The van der Waals surface area contributed by atoms with Gasteiger partial charge in [-0.2, -0.15) is 0 Å². The van der Waals surface area contributed by atoms with E-state index in [4.69, 9.17) is 21.3 Å². The van der Waals surface area contributed by atoms with Gasteiger partial charge in [0.05, 0.1) is 12.1 Å². The number of carbonyl (C=O) groups excluding carboxylic acids is 1. The number of nitrogens with zero attached hydrogens (tertiary/aromatic N) is 4. The van der Waals surface area contributed by atoms with Crippen molar-refractivity contribution < 1.29 is 9.53 Å². The summed E-state index contributed by atoms with van der Waals surface area (Å²) in [7, 11) is 0. The van der Waals surface area contributed by atoms with Crippen molar-refractivity contribution in [2.75, 3.05) is 6.26 Å². The molecule has 2 aromatic heterocycles. The van der Waals surface area contributed by atoms with Gasteiger partial charge in [-0.15, -0.1) is 33.3 Å². The fourth-order valence-corrected chi connectivity index (χ4v) is 5.12. The third-order valence-electron chi connectivity index (χ3n) is 5.35. The molecule has 1 aliphatic rings. The van der Waals surface area contributed by atoms with E-state index in [0.29, 0.717) is 10.8 Å². The van der Waals surface area contributed by atoms with Crippen molar-refractivity contribution in [2.24, 2.45) is 4.99 Å². The summed E-state index contributed by atoms with van der Waals surface area (Å²) in [5.74, 6) is 1.11. The summed E-state index contributed by atoms with van der Waals surface area (Å²) in [6.07, 6.45) is 2.00. The van der Waals surface area contributed by atoms with Gasteiger partial charge in [0.15, 0.2) is 5.82 Å². The van der Waals surface area contributed by atoms with Crippen LogP contribution in [-0.2, 0) is 9.53 Å². The molecule has 1 aliphatic heterocycles. The SMILES string of the molecule is CSC(C)OC(=O)C[C@@H]1N=C(c2ccc(Cl)cc2)c2c(sc(C)c2C)-n2c(C)nnc21. The predicted molar refractivity (Wildman–Crippen MR) is 127 cm³/mol. The number of ether oxygens (including phenoxy) is 1. The third kappa shape index (κ3) is 4.16. The molecule has 0 radical (unpaired) electrons. The van der Waals surface area contributed by atoms with E-state index < -0.39 is 6.04 Å². The topological polar surface area (TPSA) is 69.4 Å². The minimum atomic E-state index is -0.507. The lowest BCUT2D eigenvalue weighted by molar-refractivity contribution is -0.145. The van der Waals surface area contributed by atoms with Crippen molar-refractivity contribution in [3.05, 3.63) is 62.5 Å². The van der Waals surface area contributed by atoms with Crippen LogP contribution in [-0.4, -0.2) is 38.1 Å². The van der Waals surface area contributed by atoms with Crippen LogP contribution in [0.15, 0.2) is 29.3 Å². The Morgan fingerprint density at radius 1 is 1.26 bits per heavy atom. The molecule has 1 unspecified atom stereocenters. The summed E-state index contributed by atoms with van der Waals surface area (Å²) >= 11 is 9.30. The van der Waals surface area contributed by atoms with Crippen molar-refractivity contribution >= 4 is 46.4 Å². The number of thioether (sulfide) groups is 1. The number of halogens is 1. The van der Waals surface area contributed by atoms with Gasteiger partial charge in [0.1, 0.15) is 22.3 Å². The molecule has 1 aromatic carbocycles. The van der Waals surface area contributed by atoms with Crippen LogP contribution >= 0.6 is 34.7 Å². The zero-order valence-electron chi connectivity index (χ0n) is 18.0. The molecule has 0 saturated carbocycles. The second-order valence-electron chi connectivity index (χ2n) is 7.40. The molecule has 2 atom stereocenters. The number of aliphatic imine (C=N–C) groups is 1.